The molecule has 1 saturated carbocycles. The van der Waals surface area contributed by atoms with E-state index in [0.717, 1.165) is 37.7 Å². The second-order valence-corrected chi connectivity index (χ2v) is 7.55. The zero-order valence-corrected chi connectivity index (χ0v) is 11.9. The highest BCUT2D eigenvalue weighted by Gasteiger charge is 2.29. The third-order valence-corrected chi connectivity index (χ3v) is 5.88. The maximum absolute atomic E-state index is 12.2. The van der Waals surface area contributed by atoms with Crippen LogP contribution in [0.4, 0.5) is 0 Å². The van der Waals surface area contributed by atoms with Gasteiger partial charge < -0.3 is 0 Å². The summed E-state index contributed by atoms with van der Waals surface area (Å²) in [6.45, 7) is 0. The van der Waals surface area contributed by atoms with Crippen molar-refractivity contribution in [3.63, 3.8) is 0 Å². The van der Waals surface area contributed by atoms with E-state index in [1.54, 1.807) is 0 Å². The minimum atomic E-state index is -3.25. The van der Waals surface area contributed by atoms with Crippen LogP contribution in [0.15, 0.2) is 30.3 Å². The Morgan fingerprint density at radius 2 is 1.68 bits per heavy atom. The molecule has 1 aliphatic carbocycles. The molecule has 104 valence electrons. The van der Waals surface area contributed by atoms with Gasteiger partial charge in [0, 0.05) is 6.42 Å². The highest BCUT2D eigenvalue weighted by Crippen LogP contribution is 2.24. The molecule has 0 aliphatic heterocycles. The van der Waals surface area contributed by atoms with Crippen molar-refractivity contribution in [2.45, 2.75) is 43.8 Å². The van der Waals surface area contributed by atoms with Crippen molar-refractivity contribution in [3.05, 3.63) is 35.9 Å². The Hall–Kier alpha value is -1.16. The van der Waals surface area contributed by atoms with E-state index < -0.39 is 9.84 Å². The third-order valence-electron chi connectivity index (χ3n) is 3.67. The van der Waals surface area contributed by atoms with E-state index in [9.17, 15) is 13.2 Å². The molecule has 0 N–H and O–H groups in total. The van der Waals surface area contributed by atoms with Crippen molar-refractivity contribution in [1.29, 1.82) is 0 Å². The molecule has 0 atom stereocenters. The van der Waals surface area contributed by atoms with Crippen LogP contribution in [0, 0.1) is 0 Å². The SMILES string of the molecule is O=C(Cc1ccccc1)CS(=O)(=O)C1CCCCC1. The fourth-order valence-corrected chi connectivity index (χ4v) is 4.48. The van der Waals surface area contributed by atoms with E-state index in [0.29, 0.717) is 0 Å². The molecule has 3 nitrogen and oxygen atoms in total. The van der Waals surface area contributed by atoms with E-state index in [2.05, 4.69) is 0 Å². The number of carbonyl (C=O) groups is 1. The molecule has 1 aromatic carbocycles. The molecule has 0 radical (unpaired) electrons. The summed E-state index contributed by atoms with van der Waals surface area (Å²) in [6, 6.07) is 9.31. The number of carbonyl (C=O) groups excluding carboxylic acids is 1. The maximum Gasteiger partial charge on any atom is 0.160 e. The van der Waals surface area contributed by atoms with Crippen LogP contribution in [0.3, 0.4) is 0 Å². The summed E-state index contributed by atoms with van der Waals surface area (Å²) in [4.78, 5) is 11.9. The van der Waals surface area contributed by atoms with Gasteiger partial charge in [0.15, 0.2) is 15.6 Å². The van der Waals surface area contributed by atoms with E-state index in [1.807, 2.05) is 30.3 Å². The first-order valence-corrected chi connectivity index (χ1v) is 8.57. The van der Waals surface area contributed by atoms with Gasteiger partial charge in [-0.2, -0.15) is 0 Å². The summed E-state index contributed by atoms with van der Waals surface area (Å²) in [5.74, 6) is -0.496. The van der Waals surface area contributed by atoms with E-state index in [4.69, 9.17) is 0 Å². The monoisotopic (exact) mass is 280 g/mol. The minimum absolute atomic E-state index is 0.197. The average molecular weight is 280 g/mol. The number of sulfone groups is 1. The van der Waals surface area contributed by atoms with Gasteiger partial charge in [-0.3, -0.25) is 4.79 Å². The van der Waals surface area contributed by atoms with Crippen molar-refractivity contribution >= 4 is 15.6 Å². The summed E-state index contributed by atoms with van der Waals surface area (Å²) >= 11 is 0. The number of Topliss-reactive ketones (excluding diaryl/α,β-unsaturated/α-hetero) is 1. The second kappa shape index (κ2) is 6.33. The zero-order valence-electron chi connectivity index (χ0n) is 11.0. The van der Waals surface area contributed by atoms with Crippen LogP contribution >= 0.6 is 0 Å². The molecule has 0 amide bonds. The van der Waals surface area contributed by atoms with Crippen molar-refractivity contribution in [3.8, 4) is 0 Å². The van der Waals surface area contributed by atoms with Gasteiger partial charge in [-0.25, -0.2) is 8.42 Å². The lowest BCUT2D eigenvalue weighted by molar-refractivity contribution is -0.116. The van der Waals surface area contributed by atoms with Crippen LogP contribution in [0.25, 0.3) is 0 Å². The molecule has 0 spiro atoms. The van der Waals surface area contributed by atoms with Gasteiger partial charge in [0.1, 0.15) is 5.75 Å². The van der Waals surface area contributed by atoms with Gasteiger partial charge >= 0.3 is 0 Å². The fourth-order valence-electron chi connectivity index (χ4n) is 2.64. The van der Waals surface area contributed by atoms with Crippen LogP contribution < -0.4 is 0 Å². The molecule has 19 heavy (non-hydrogen) atoms. The first-order valence-electron chi connectivity index (χ1n) is 6.85. The second-order valence-electron chi connectivity index (χ2n) is 5.27. The van der Waals surface area contributed by atoms with E-state index in [1.165, 1.54) is 0 Å². The molecule has 0 unspecified atom stereocenters. The lowest BCUT2D eigenvalue weighted by Gasteiger charge is -2.21. The van der Waals surface area contributed by atoms with Crippen LogP contribution in [0.2, 0.25) is 0 Å². The largest absolute Gasteiger partial charge is 0.298 e. The predicted octanol–water partition coefficient (Wildman–Crippen LogP) is 2.55. The predicted molar refractivity (Wildman–Crippen MR) is 75.8 cm³/mol. The maximum atomic E-state index is 12.2. The Balaban J connectivity index is 1.94. The van der Waals surface area contributed by atoms with Crippen LogP contribution in [0.5, 0.6) is 0 Å². The zero-order chi connectivity index (χ0) is 13.7. The molecule has 2 rings (SSSR count). The first-order chi connectivity index (χ1) is 9.08. The molecule has 1 fully saturated rings. The Bertz CT molecular complexity index is 514. The number of hydrogen-bond donors (Lipinski definition) is 0. The minimum Gasteiger partial charge on any atom is -0.298 e. The highest BCUT2D eigenvalue weighted by molar-refractivity contribution is 7.92. The first kappa shape index (κ1) is 14.3. The van der Waals surface area contributed by atoms with E-state index >= 15 is 0 Å². The van der Waals surface area contributed by atoms with Crippen LogP contribution in [0.1, 0.15) is 37.7 Å². The van der Waals surface area contributed by atoms with Crippen molar-refractivity contribution < 1.29 is 13.2 Å². The lowest BCUT2D eigenvalue weighted by Crippen LogP contribution is -2.30. The Morgan fingerprint density at radius 3 is 2.32 bits per heavy atom. The normalized spacial score (nSPS) is 17.3. The Labute approximate surface area is 114 Å². The smallest absolute Gasteiger partial charge is 0.160 e. The number of rotatable bonds is 5. The number of ketones is 1. The van der Waals surface area contributed by atoms with Crippen LogP contribution in [-0.2, 0) is 21.1 Å². The standard InChI is InChI=1S/C15H20O3S/c16-14(11-13-7-3-1-4-8-13)12-19(17,18)15-9-5-2-6-10-15/h1,3-4,7-8,15H,2,5-6,9-12H2. The summed E-state index contributed by atoms with van der Waals surface area (Å²) < 4.78 is 24.3. The molecule has 0 aromatic heterocycles. The van der Waals surface area contributed by atoms with Gasteiger partial charge in [-0.15, -0.1) is 0 Å². The molecule has 1 aliphatic rings. The fraction of sp³-hybridized carbons (Fsp3) is 0.533. The number of hydrogen-bond acceptors (Lipinski definition) is 3. The van der Waals surface area contributed by atoms with Crippen molar-refractivity contribution in [2.24, 2.45) is 0 Å². The van der Waals surface area contributed by atoms with Gasteiger partial charge in [-0.05, 0) is 18.4 Å². The summed E-state index contributed by atoms with van der Waals surface area (Å²) in [6.07, 6.45) is 4.71. The molecular weight excluding hydrogens is 260 g/mol. The lowest BCUT2D eigenvalue weighted by atomic mass is 10.0. The third kappa shape index (κ3) is 4.16. The van der Waals surface area contributed by atoms with E-state index in [-0.39, 0.29) is 23.2 Å². The van der Waals surface area contributed by atoms with Crippen LogP contribution in [-0.4, -0.2) is 25.2 Å². The highest BCUT2D eigenvalue weighted by atomic mass is 32.2. The van der Waals surface area contributed by atoms with Crippen molar-refractivity contribution in [1.82, 2.24) is 0 Å². The quantitative estimate of drug-likeness (QED) is 0.833. The molecule has 1 aromatic rings. The summed E-state index contributed by atoms with van der Waals surface area (Å²) in [7, 11) is -3.25. The van der Waals surface area contributed by atoms with Gasteiger partial charge in [0.25, 0.3) is 0 Å². The summed E-state index contributed by atoms with van der Waals surface area (Å²) in [5, 5.41) is -0.291. The molecule has 4 heteroatoms. The van der Waals surface area contributed by atoms with Gasteiger partial charge in [0.2, 0.25) is 0 Å². The Morgan fingerprint density at radius 1 is 1.05 bits per heavy atom. The molecule has 0 heterocycles. The van der Waals surface area contributed by atoms with Gasteiger partial charge in [0.05, 0.1) is 5.25 Å². The molecule has 0 bridgehead atoms. The molecular formula is C15H20O3S. The Kier molecular flexibility index (Phi) is 4.75. The van der Waals surface area contributed by atoms with Gasteiger partial charge in [-0.1, -0.05) is 49.6 Å². The molecule has 0 saturated heterocycles. The topological polar surface area (TPSA) is 51.2 Å². The van der Waals surface area contributed by atoms with Crippen molar-refractivity contribution in [2.75, 3.05) is 5.75 Å². The summed E-state index contributed by atoms with van der Waals surface area (Å²) in [5.41, 5.74) is 0.881. The average Bonchev–Trinajstić information content (AvgIpc) is 2.40. The number of benzene rings is 1.